The van der Waals surface area contributed by atoms with Crippen molar-refractivity contribution in [2.24, 2.45) is 5.73 Å². The van der Waals surface area contributed by atoms with Crippen molar-refractivity contribution in [3.8, 4) is 0 Å². The van der Waals surface area contributed by atoms with Gasteiger partial charge in [0, 0.05) is 24.5 Å². The summed E-state index contributed by atoms with van der Waals surface area (Å²) in [5.41, 5.74) is 5.65. The molecule has 0 aromatic carbocycles. The molecule has 1 amide bonds. The lowest BCUT2D eigenvalue weighted by atomic mass is 9.99. The molecule has 2 N–H and O–H groups in total. The Kier molecular flexibility index (Phi) is 4.14. The molecule has 15 heavy (non-hydrogen) atoms. The van der Waals surface area contributed by atoms with Crippen LogP contribution in [0.1, 0.15) is 52.9 Å². The van der Waals surface area contributed by atoms with Gasteiger partial charge in [0.15, 0.2) is 0 Å². The van der Waals surface area contributed by atoms with Crippen LogP contribution >= 0.6 is 0 Å². The molecule has 1 saturated heterocycles. The number of hydrogen-bond donors (Lipinski definition) is 1. The summed E-state index contributed by atoms with van der Waals surface area (Å²) in [7, 11) is 0. The lowest BCUT2D eigenvalue weighted by Crippen LogP contribution is -2.38. The maximum Gasteiger partial charge on any atom is 0.222 e. The maximum absolute atomic E-state index is 11.9. The van der Waals surface area contributed by atoms with E-state index < -0.39 is 0 Å². The molecule has 1 atom stereocenters. The highest BCUT2D eigenvalue weighted by Crippen LogP contribution is 2.21. The molecule has 0 spiro atoms. The second kappa shape index (κ2) is 4.97. The summed E-state index contributed by atoms with van der Waals surface area (Å²) in [4.78, 5) is 14.0. The van der Waals surface area contributed by atoms with Gasteiger partial charge in [-0.3, -0.25) is 4.79 Å². The van der Waals surface area contributed by atoms with Crippen molar-refractivity contribution in [3.63, 3.8) is 0 Å². The molecule has 1 fully saturated rings. The first-order chi connectivity index (χ1) is 6.94. The second-order valence-corrected chi connectivity index (χ2v) is 5.28. The summed E-state index contributed by atoms with van der Waals surface area (Å²) < 4.78 is 0. The zero-order chi connectivity index (χ0) is 11.5. The van der Waals surface area contributed by atoms with Gasteiger partial charge in [-0.2, -0.15) is 0 Å². The average molecular weight is 212 g/mol. The minimum Gasteiger partial charge on any atom is -0.340 e. The number of hydrogen-bond acceptors (Lipinski definition) is 2. The van der Waals surface area contributed by atoms with E-state index in [0.717, 1.165) is 25.8 Å². The predicted molar refractivity (Wildman–Crippen MR) is 62.5 cm³/mol. The molecule has 1 rings (SSSR count). The number of rotatable bonds is 4. The highest BCUT2D eigenvalue weighted by Gasteiger charge is 2.27. The van der Waals surface area contributed by atoms with Crippen LogP contribution in [0, 0.1) is 0 Å². The van der Waals surface area contributed by atoms with Gasteiger partial charge in [-0.05, 0) is 39.5 Å². The highest BCUT2D eigenvalue weighted by atomic mass is 16.2. The van der Waals surface area contributed by atoms with E-state index in [0.29, 0.717) is 12.5 Å². The lowest BCUT2D eigenvalue weighted by molar-refractivity contribution is -0.132. The van der Waals surface area contributed by atoms with Crippen LogP contribution in [0.15, 0.2) is 0 Å². The summed E-state index contributed by atoms with van der Waals surface area (Å²) in [5.74, 6) is 0.290. The van der Waals surface area contributed by atoms with Crippen molar-refractivity contribution < 1.29 is 4.79 Å². The molecule has 0 aliphatic carbocycles. The fraction of sp³-hybridized carbons (Fsp3) is 0.917. The zero-order valence-corrected chi connectivity index (χ0v) is 10.3. The molecule has 3 heteroatoms. The molecule has 1 heterocycles. The van der Waals surface area contributed by atoms with Crippen molar-refractivity contribution in [3.05, 3.63) is 0 Å². The Bertz CT molecular complexity index is 220. The van der Waals surface area contributed by atoms with Gasteiger partial charge in [0.05, 0.1) is 0 Å². The number of nitrogens with two attached hydrogens (primary N) is 1. The first-order valence-electron chi connectivity index (χ1n) is 6.02. The Morgan fingerprint density at radius 2 is 2.20 bits per heavy atom. The van der Waals surface area contributed by atoms with Gasteiger partial charge in [0.25, 0.3) is 0 Å². The van der Waals surface area contributed by atoms with Crippen molar-refractivity contribution in [2.45, 2.75) is 64.5 Å². The van der Waals surface area contributed by atoms with E-state index in [1.54, 1.807) is 0 Å². The standard InChI is InChI=1S/C12H24N2O/c1-4-10-6-5-9-14(10)11(15)7-8-12(2,3)13/h10H,4-9,13H2,1-3H3. The van der Waals surface area contributed by atoms with Crippen LogP contribution in [-0.4, -0.2) is 28.9 Å². The maximum atomic E-state index is 11.9. The fourth-order valence-electron chi connectivity index (χ4n) is 2.16. The van der Waals surface area contributed by atoms with Crippen LogP contribution in [0.3, 0.4) is 0 Å². The van der Waals surface area contributed by atoms with Crippen LogP contribution in [0.5, 0.6) is 0 Å². The van der Waals surface area contributed by atoms with Gasteiger partial charge in [0.1, 0.15) is 0 Å². The lowest BCUT2D eigenvalue weighted by Gasteiger charge is -2.25. The van der Waals surface area contributed by atoms with E-state index in [1.807, 2.05) is 18.7 Å². The number of likely N-dealkylation sites (tertiary alicyclic amines) is 1. The zero-order valence-electron chi connectivity index (χ0n) is 10.3. The monoisotopic (exact) mass is 212 g/mol. The fourth-order valence-corrected chi connectivity index (χ4v) is 2.16. The molecule has 3 nitrogen and oxygen atoms in total. The minimum absolute atomic E-state index is 0.225. The summed E-state index contributed by atoms with van der Waals surface area (Å²) in [6.45, 7) is 7.05. The molecule has 0 saturated carbocycles. The number of carbonyl (C=O) groups excluding carboxylic acids is 1. The van der Waals surface area contributed by atoms with Crippen molar-refractivity contribution in [1.82, 2.24) is 4.90 Å². The Labute approximate surface area is 93.0 Å². The van der Waals surface area contributed by atoms with Gasteiger partial charge in [-0.15, -0.1) is 0 Å². The Morgan fingerprint density at radius 3 is 2.73 bits per heavy atom. The third kappa shape index (κ3) is 3.82. The summed E-state index contributed by atoms with van der Waals surface area (Å²) in [6.07, 6.45) is 4.79. The third-order valence-electron chi connectivity index (χ3n) is 3.15. The second-order valence-electron chi connectivity index (χ2n) is 5.28. The van der Waals surface area contributed by atoms with Gasteiger partial charge in [-0.1, -0.05) is 6.92 Å². The average Bonchev–Trinajstić information content (AvgIpc) is 2.60. The SMILES string of the molecule is CCC1CCCN1C(=O)CCC(C)(C)N. The summed E-state index contributed by atoms with van der Waals surface area (Å²) in [6, 6.07) is 0.485. The van der Waals surface area contributed by atoms with Gasteiger partial charge >= 0.3 is 0 Å². The number of amides is 1. The van der Waals surface area contributed by atoms with E-state index in [4.69, 9.17) is 5.73 Å². The Balaban J connectivity index is 2.40. The molecule has 1 unspecified atom stereocenters. The molecule has 1 aliphatic heterocycles. The highest BCUT2D eigenvalue weighted by molar-refractivity contribution is 5.76. The van der Waals surface area contributed by atoms with Gasteiger partial charge in [-0.25, -0.2) is 0 Å². The van der Waals surface area contributed by atoms with Crippen molar-refractivity contribution in [1.29, 1.82) is 0 Å². The van der Waals surface area contributed by atoms with E-state index in [2.05, 4.69) is 6.92 Å². The molecule has 0 aromatic rings. The van der Waals surface area contributed by atoms with Crippen LogP contribution in [-0.2, 0) is 4.79 Å². The number of nitrogens with zero attached hydrogens (tertiary/aromatic N) is 1. The minimum atomic E-state index is -0.225. The summed E-state index contributed by atoms with van der Waals surface area (Å²) in [5, 5.41) is 0. The smallest absolute Gasteiger partial charge is 0.222 e. The Morgan fingerprint density at radius 1 is 1.53 bits per heavy atom. The van der Waals surface area contributed by atoms with E-state index >= 15 is 0 Å². The summed E-state index contributed by atoms with van der Waals surface area (Å²) >= 11 is 0. The predicted octanol–water partition coefficient (Wildman–Crippen LogP) is 1.90. The van der Waals surface area contributed by atoms with E-state index in [9.17, 15) is 4.79 Å². The first kappa shape index (κ1) is 12.5. The molecule has 1 aliphatic rings. The van der Waals surface area contributed by atoms with Crippen molar-refractivity contribution >= 4 is 5.91 Å². The third-order valence-corrected chi connectivity index (χ3v) is 3.15. The number of carbonyl (C=O) groups is 1. The molecule has 88 valence electrons. The topological polar surface area (TPSA) is 46.3 Å². The quantitative estimate of drug-likeness (QED) is 0.773. The Hall–Kier alpha value is -0.570. The van der Waals surface area contributed by atoms with Gasteiger partial charge < -0.3 is 10.6 Å². The first-order valence-corrected chi connectivity index (χ1v) is 6.02. The molecule has 0 bridgehead atoms. The largest absolute Gasteiger partial charge is 0.340 e. The van der Waals surface area contributed by atoms with Crippen molar-refractivity contribution in [2.75, 3.05) is 6.54 Å². The molecule has 0 radical (unpaired) electrons. The van der Waals surface area contributed by atoms with Crippen LogP contribution in [0.25, 0.3) is 0 Å². The van der Waals surface area contributed by atoms with Crippen LogP contribution in [0.4, 0.5) is 0 Å². The van der Waals surface area contributed by atoms with Crippen LogP contribution < -0.4 is 5.73 Å². The van der Waals surface area contributed by atoms with E-state index in [-0.39, 0.29) is 11.4 Å². The normalized spacial score (nSPS) is 22.1. The van der Waals surface area contributed by atoms with Crippen LogP contribution in [0.2, 0.25) is 0 Å². The molecular weight excluding hydrogens is 188 g/mol. The van der Waals surface area contributed by atoms with E-state index in [1.165, 1.54) is 6.42 Å². The molecular formula is C12H24N2O. The van der Waals surface area contributed by atoms with Gasteiger partial charge in [0.2, 0.25) is 5.91 Å². The molecule has 0 aromatic heterocycles.